The first kappa shape index (κ1) is 16.2. The highest BCUT2D eigenvalue weighted by molar-refractivity contribution is 5.30. The van der Waals surface area contributed by atoms with Crippen molar-refractivity contribution in [1.29, 1.82) is 0 Å². The Bertz CT molecular complexity index is 442. The van der Waals surface area contributed by atoms with E-state index in [-0.39, 0.29) is 11.8 Å². The molecule has 2 rings (SSSR count). The molecule has 1 aliphatic rings. The maximum atomic E-state index is 12.3. The maximum Gasteiger partial charge on any atom is 0.387 e. The molecule has 0 aromatic heterocycles. The molecule has 1 N–H and O–H groups in total. The summed E-state index contributed by atoms with van der Waals surface area (Å²) in [4.78, 5) is 0. The minimum absolute atomic E-state index is 0.0897. The fourth-order valence-electron chi connectivity index (χ4n) is 2.73. The molecule has 5 heteroatoms. The molecule has 1 aromatic carbocycles. The van der Waals surface area contributed by atoms with E-state index < -0.39 is 6.61 Å². The molecule has 0 saturated carbocycles. The molecule has 0 spiro atoms. The maximum absolute atomic E-state index is 12.3. The van der Waals surface area contributed by atoms with Gasteiger partial charge in [-0.15, -0.1) is 0 Å². The van der Waals surface area contributed by atoms with Gasteiger partial charge in [0.1, 0.15) is 5.75 Å². The van der Waals surface area contributed by atoms with Gasteiger partial charge in [-0.2, -0.15) is 8.78 Å². The van der Waals surface area contributed by atoms with Gasteiger partial charge in [-0.25, -0.2) is 0 Å². The molecule has 0 aliphatic carbocycles. The number of rotatable bonds is 6. The van der Waals surface area contributed by atoms with Crippen molar-refractivity contribution in [2.75, 3.05) is 6.61 Å². The SMILES string of the molecule is CCC1CC(NC(C)c2cccc(OC(F)F)c2)CCO1. The monoisotopic (exact) mass is 299 g/mol. The van der Waals surface area contributed by atoms with Crippen molar-refractivity contribution in [1.82, 2.24) is 5.32 Å². The smallest absolute Gasteiger partial charge is 0.387 e. The van der Waals surface area contributed by atoms with Crippen LogP contribution < -0.4 is 10.1 Å². The first-order valence-electron chi connectivity index (χ1n) is 7.51. The molecule has 3 unspecified atom stereocenters. The first-order valence-corrected chi connectivity index (χ1v) is 7.51. The molecule has 0 radical (unpaired) electrons. The average molecular weight is 299 g/mol. The zero-order valence-corrected chi connectivity index (χ0v) is 12.5. The Morgan fingerprint density at radius 3 is 2.95 bits per heavy atom. The highest BCUT2D eigenvalue weighted by atomic mass is 19.3. The van der Waals surface area contributed by atoms with Crippen molar-refractivity contribution in [2.24, 2.45) is 0 Å². The zero-order valence-electron chi connectivity index (χ0n) is 12.5. The number of hydrogen-bond acceptors (Lipinski definition) is 3. The highest BCUT2D eigenvalue weighted by Crippen LogP contribution is 2.23. The Balaban J connectivity index is 1.94. The second kappa shape index (κ2) is 7.71. The molecule has 3 nitrogen and oxygen atoms in total. The second-order valence-electron chi connectivity index (χ2n) is 5.46. The van der Waals surface area contributed by atoms with Gasteiger partial charge in [-0.1, -0.05) is 19.1 Å². The fourth-order valence-corrected chi connectivity index (χ4v) is 2.73. The van der Waals surface area contributed by atoms with Gasteiger partial charge in [0.2, 0.25) is 0 Å². The van der Waals surface area contributed by atoms with E-state index in [1.165, 1.54) is 0 Å². The minimum Gasteiger partial charge on any atom is -0.435 e. The third-order valence-electron chi connectivity index (χ3n) is 3.89. The number of alkyl halides is 2. The minimum atomic E-state index is -2.79. The first-order chi connectivity index (χ1) is 10.1. The number of nitrogens with one attached hydrogen (secondary N) is 1. The molecule has 3 atom stereocenters. The van der Waals surface area contributed by atoms with Crippen LogP contribution in [0.1, 0.15) is 44.7 Å². The lowest BCUT2D eigenvalue weighted by Crippen LogP contribution is -2.39. The van der Waals surface area contributed by atoms with Gasteiger partial charge in [0.05, 0.1) is 6.10 Å². The lowest BCUT2D eigenvalue weighted by Gasteiger charge is -2.32. The van der Waals surface area contributed by atoms with Gasteiger partial charge in [-0.05, 0) is 43.9 Å². The van der Waals surface area contributed by atoms with E-state index in [1.807, 2.05) is 13.0 Å². The van der Waals surface area contributed by atoms with E-state index in [4.69, 9.17) is 4.74 Å². The van der Waals surface area contributed by atoms with Crippen LogP contribution >= 0.6 is 0 Å². The van der Waals surface area contributed by atoms with Crippen LogP contribution in [0.4, 0.5) is 8.78 Å². The normalized spacial score (nSPS) is 24.0. The van der Waals surface area contributed by atoms with Crippen molar-refractivity contribution in [3.63, 3.8) is 0 Å². The average Bonchev–Trinajstić information content (AvgIpc) is 2.47. The van der Waals surface area contributed by atoms with Gasteiger partial charge in [0, 0.05) is 18.7 Å². The van der Waals surface area contributed by atoms with Crippen LogP contribution in [-0.2, 0) is 4.74 Å². The summed E-state index contributed by atoms with van der Waals surface area (Å²) >= 11 is 0. The third kappa shape index (κ3) is 4.93. The van der Waals surface area contributed by atoms with Crippen LogP contribution in [0, 0.1) is 0 Å². The molecule has 21 heavy (non-hydrogen) atoms. The Hall–Kier alpha value is -1.20. The van der Waals surface area contributed by atoms with Crippen LogP contribution in [0.25, 0.3) is 0 Å². The van der Waals surface area contributed by atoms with E-state index in [0.717, 1.165) is 31.4 Å². The number of ether oxygens (including phenoxy) is 2. The van der Waals surface area contributed by atoms with Crippen LogP contribution in [0.5, 0.6) is 5.75 Å². The summed E-state index contributed by atoms with van der Waals surface area (Å²) in [5.41, 5.74) is 0.952. The quantitative estimate of drug-likeness (QED) is 0.864. The summed E-state index contributed by atoms with van der Waals surface area (Å²) in [5, 5.41) is 3.56. The van der Waals surface area contributed by atoms with Crippen molar-refractivity contribution in [3.05, 3.63) is 29.8 Å². The van der Waals surface area contributed by atoms with Crippen LogP contribution in [-0.4, -0.2) is 25.4 Å². The van der Waals surface area contributed by atoms with Crippen LogP contribution in [0.2, 0.25) is 0 Å². The molecular formula is C16H23F2NO2. The van der Waals surface area contributed by atoms with E-state index in [9.17, 15) is 8.78 Å². The van der Waals surface area contributed by atoms with Gasteiger partial charge in [-0.3, -0.25) is 0 Å². The van der Waals surface area contributed by atoms with Crippen LogP contribution in [0.15, 0.2) is 24.3 Å². The second-order valence-corrected chi connectivity index (χ2v) is 5.46. The topological polar surface area (TPSA) is 30.5 Å². The molecule has 1 heterocycles. The Labute approximate surface area is 124 Å². The third-order valence-corrected chi connectivity index (χ3v) is 3.89. The number of halogens is 2. The van der Waals surface area contributed by atoms with E-state index in [2.05, 4.69) is 17.0 Å². The fraction of sp³-hybridized carbons (Fsp3) is 0.625. The van der Waals surface area contributed by atoms with E-state index in [0.29, 0.717) is 12.1 Å². The van der Waals surface area contributed by atoms with Gasteiger partial charge in [0.25, 0.3) is 0 Å². The molecule has 1 aromatic rings. The molecule has 0 amide bonds. The standard InChI is InChI=1S/C16H23F2NO2/c1-3-14-10-13(7-8-20-14)19-11(2)12-5-4-6-15(9-12)21-16(17)18/h4-6,9,11,13-14,16,19H,3,7-8,10H2,1-2H3. The molecule has 1 aliphatic heterocycles. The van der Waals surface area contributed by atoms with Crippen molar-refractivity contribution in [3.8, 4) is 5.75 Å². The summed E-state index contributed by atoms with van der Waals surface area (Å²) in [6.45, 7) is 2.15. The van der Waals surface area contributed by atoms with Gasteiger partial charge in [0.15, 0.2) is 0 Å². The summed E-state index contributed by atoms with van der Waals surface area (Å²) in [5.74, 6) is 0.203. The molecule has 1 fully saturated rings. The molecule has 0 bridgehead atoms. The number of hydrogen-bond donors (Lipinski definition) is 1. The van der Waals surface area contributed by atoms with Gasteiger partial charge < -0.3 is 14.8 Å². The predicted molar refractivity (Wildman–Crippen MR) is 77.7 cm³/mol. The van der Waals surface area contributed by atoms with Gasteiger partial charge >= 0.3 is 6.61 Å². The Morgan fingerprint density at radius 2 is 2.24 bits per heavy atom. The lowest BCUT2D eigenvalue weighted by atomic mass is 9.99. The summed E-state index contributed by atoms with van der Waals surface area (Å²) < 4.78 is 34.6. The summed E-state index contributed by atoms with van der Waals surface area (Å²) in [6, 6.07) is 7.37. The molecule has 1 saturated heterocycles. The summed E-state index contributed by atoms with van der Waals surface area (Å²) in [6.07, 6.45) is 3.31. The summed E-state index contributed by atoms with van der Waals surface area (Å²) in [7, 11) is 0. The van der Waals surface area contributed by atoms with Crippen molar-refractivity contribution in [2.45, 2.75) is 57.9 Å². The highest BCUT2D eigenvalue weighted by Gasteiger charge is 2.22. The predicted octanol–water partition coefficient (Wildman–Crippen LogP) is 3.90. The zero-order chi connectivity index (χ0) is 15.2. The van der Waals surface area contributed by atoms with Crippen molar-refractivity contribution < 1.29 is 18.3 Å². The molecule has 118 valence electrons. The largest absolute Gasteiger partial charge is 0.435 e. The lowest BCUT2D eigenvalue weighted by molar-refractivity contribution is -0.0499. The number of benzene rings is 1. The van der Waals surface area contributed by atoms with Crippen molar-refractivity contribution >= 4 is 0 Å². The van der Waals surface area contributed by atoms with E-state index in [1.54, 1.807) is 18.2 Å². The Morgan fingerprint density at radius 1 is 1.43 bits per heavy atom. The van der Waals surface area contributed by atoms with E-state index >= 15 is 0 Å². The molecular weight excluding hydrogens is 276 g/mol. The Kier molecular flexibility index (Phi) is 5.94. The van der Waals surface area contributed by atoms with Crippen LogP contribution in [0.3, 0.4) is 0 Å².